The molecule has 348 valence electrons. The van der Waals surface area contributed by atoms with Crippen molar-refractivity contribution in [3.05, 3.63) is 70.0 Å². The number of aryl methyl sites for hydroxylation is 2. The Morgan fingerprint density at radius 1 is 0.559 bits per heavy atom. The summed E-state index contributed by atoms with van der Waals surface area (Å²) in [6, 6.07) is 3.27. The van der Waals surface area contributed by atoms with Gasteiger partial charge in [-0.25, -0.2) is 52.8 Å². The van der Waals surface area contributed by atoms with E-state index >= 15 is 0 Å². The molecule has 0 spiro atoms. The zero-order valence-corrected chi connectivity index (χ0v) is 48.3. The molecule has 30 nitrogen and oxygen atoms in total. The predicted octanol–water partition coefficient (Wildman–Crippen LogP) is -10.5. The van der Waals surface area contributed by atoms with Crippen molar-refractivity contribution in [1.29, 1.82) is 0 Å². The number of carbonyl (C=O) groups is 2. The molecule has 0 amide bonds. The molecule has 40 heteroatoms. The van der Waals surface area contributed by atoms with Crippen LogP contribution >= 0.6 is 15.6 Å². The summed E-state index contributed by atoms with van der Waals surface area (Å²) in [4.78, 5) is 61.3. The summed E-state index contributed by atoms with van der Waals surface area (Å²) in [5.41, 5.74) is -3.69. The smallest absolute Gasteiger partial charge is 0.744 e. The van der Waals surface area contributed by atoms with E-state index in [1.807, 2.05) is 0 Å². The maximum absolute atomic E-state index is 11.5. The number of pyridine rings is 2. The standard InChI is InChI=1S/2C14H14N3O12PS2.4Na/c2*1-7-13(19)9(5-18)10(6-29-30(20,21)22)14(15-7)17-16-11-3-2-8(31(23,24)25)4-12(11)32(26,27)28;;;;/h2*2-5,19H,6H2,1H3,(H2,20,21,22)(H,23,24,25)(H,26,27,28);;;;/q;;4*+1/p-4. The van der Waals surface area contributed by atoms with Gasteiger partial charge in [-0.1, -0.05) is 0 Å². The summed E-state index contributed by atoms with van der Waals surface area (Å²) in [6.07, 6.45) is 0.228. The number of nitrogens with zero attached hydrogens (tertiary/aromatic N) is 6. The van der Waals surface area contributed by atoms with Crippen LogP contribution in [0.25, 0.3) is 0 Å². The molecule has 0 radical (unpaired) electrons. The zero-order chi connectivity index (χ0) is 49.0. The molecule has 2 aromatic heterocycles. The van der Waals surface area contributed by atoms with E-state index < -0.39 is 146 Å². The maximum Gasteiger partial charge on any atom is 1.00 e. The summed E-state index contributed by atoms with van der Waals surface area (Å²) in [5.74, 6) is -2.41. The van der Waals surface area contributed by atoms with Crippen molar-refractivity contribution >= 4 is 91.7 Å². The first kappa shape index (κ1) is 68.8. The number of azo groups is 2. The van der Waals surface area contributed by atoms with Crippen LogP contribution in [0.2, 0.25) is 0 Å². The van der Waals surface area contributed by atoms with Crippen LogP contribution in [-0.4, -0.2) is 104 Å². The van der Waals surface area contributed by atoms with Gasteiger partial charge in [0.25, 0.3) is 0 Å². The summed E-state index contributed by atoms with van der Waals surface area (Å²) < 4.78 is 166. The Hall–Kier alpha value is -1.26. The number of phosphoric acid groups is 2. The largest absolute Gasteiger partial charge is 1.00 e. The molecule has 0 aliphatic carbocycles. The van der Waals surface area contributed by atoms with Crippen molar-refractivity contribution in [3.8, 4) is 11.5 Å². The first-order valence-corrected chi connectivity index (χ1v) is 24.5. The monoisotopic (exact) mass is 1110 g/mol. The summed E-state index contributed by atoms with van der Waals surface area (Å²) >= 11 is 0. The molecule has 0 aliphatic heterocycles. The first-order chi connectivity index (χ1) is 29.1. The number of aldehydes is 2. The summed E-state index contributed by atoms with van der Waals surface area (Å²) in [6.45, 7) is 0.508. The number of phosphoric ester groups is 2. The number of aromatic hydroxyl groups is 2. The van der Waals surface area contributed by atoms with E-state index in [1.165, 1.54) is 13.8 Å². The Bertz CT molecular complexity index is 2960. The molecular formula is C28H24N6Na4O24P2S4. The molecule has 0 saturated carbocycles. The third kappa shape index (κ3) is 20.0. The van der Waals surface area contributed by atoms with Crippen LogP contribution in [-0.2, 0) is 71.9 Å². The van der Waals surface area contributed by atoms with Crippen molar-refractivity contribution in [1.82, 2.24) is 9.97 Å². The van der Waals surface area contributed by atoms with E-state index in [0.717, 1.165) is 0 Å². The maximum atomic E-state index is 11.5. The van der Waals surface area contributed by atoms with E-state index in [4.69, 9.17) is 19.6 Å². The van der Waals surface area contributed by atoms with E-state index in [1.54, 1.807) is 0 Å². The van der Waals surface area contributed by atoms with Gasteiger partial charge in [0.2, 0.25) is 0 Å². The van der Waals surface area contributed by atoms with Gasteiger partial charge in [0.05, 0.1) is 55.3 Å². The molecule has 0 saturated heterocycles. The molecule has 4 aromatic rings. The van der Waals surface area contributed by atoms with Crippen molar-refractivity contribution in [2.24, 2.45) is 20.5 Å². The number of aromatic nitrogens is 2. The van der Waals surface area contributed by atoms with Crippen LogP contribution in [0.5, 0.6) is 11.5 Å². The van der Waals surface area contributed by atoms with E-state index in [9.17, 15) is 80.8 Å². The summed E-state index contributed by atoms with van der Waals surface area (Å²) in [5, 5.41) is 33.9. The van der Waals surface area contributed by atoms with Crippen molar-refractivity contribution in [2.45, 2.75) is 46.6 Å². The van der Waals surface area contributed by atoms with E-state index in [-0.39, 0.29) is 154 Å². The van der Waals surface area contributed by atoms with Crippen LogP contribution in [0, 0.1) is 13.8 Å². The van der Waals surface area contributed by atoms with Crippen LogP contribution in [0.4, 0.5) is 23.0 Å². The number of benzene rings is 2. The third-order valence-corrected chi connectivity index (χ3v) is 11.7. The fourth-order valence-electron chi connectivity index (χ4n) is 4.54. The Morgan fingerprint density at radius 2 is 0.853 bits per heavy atom. The van der Waals surface area contributed by atoms with Crippen molar-refractivity contribution in [3.63, 3.8) is 0 Å². The van der Waals surface area contributed by atoms with E-state index in [0.29, 0.717) is 24.3 Å². The van der Waals surface area contributed by atoms with Gasteiger partial charge in [-0.15, -0.1) is 20.5 Å². The topological polar surface area (TPSA) is 512 Å². The molecule has 68 heavy (non-hydrogen) atoms. The molecule has 0 fully saturated rings. The van der Waals surface area contributed by atoms with Gasteiger partial charge in [-0.2, -0.15) is 0 Å². The van der Waals surface area contributed by atoms with Crippen LogP contribution in [0.15, 0.2) is 76.4 Å². The molecule has 0 bridgehead atoms. The minimum atomic E-state index is -5.34. The van der Waals surface area contributed by atoms with Crippen LogP contribution in [0.1, 0.15) is 43.2 Å². The quantitative estimate of drug-likeness (QED) is 0.0199. The van der Waals surface area contributed by atoms with Gasteiger partial charge < -0.3 is 48.0 Å². The predicted molar refractivity (Wildman–Crippen MR) is 199 cm³/mol. The molecule has 0 unspecified atom stereocenters. The summed E-state index contributed by atoms with van der Waals surface area (Å²) in [7, 11) is -31.0. The Balaban J connectivity index is 0. The normalized spacial score (nSPS) is 12.1. The minimum Gasteiger partial charge on any atom is -0.744 e. The molecule has 6 N–H and O–H groups in total. The first-order valence-electron chi connectivity index (χ1n) is 15.8. The average Bonchev–Trinajstić information content (AvgIpc) is 3.15. The number of hydrogen-bond acceptors (Lipinski definition) is 26. The molecule has 4 rings (SSSR count). The van der Waals surface area contributed by atoms with Crippen molar-refractivity contribution in [2.75, 3.05) is 0 Å². The minimum absolute atomic E-state index is 0. The Kier molecular flexibility index (Phi) is 27.5. The number of hydrogen-bond donors (Lipinski definition) is 6. The molecule has 0 aliphatic rings. The van der Waals surface area contributed by atoms with Gasteiger partial charge in [-0.3, -0.25) is 18.6 Å². The Morgan fingerprint density at radius 3 is 1.09 bits per heavy atom. The second-order valence-electron chi connectivity index (χ2n) is 11.8. The van der Waals surface area contributed by atoms with Crippen LogP contribution < -0.4 is 118 Å². The van der Waals surface area contributed by atoms with Gasteiger partial charge >= 0.3 is 134 Å². The fraction of sp³-hybridized carbons (Fsp3) is 0.143. The average molecular weight is 1110 g/mol. The van der Waals surface area contributed by atoms with Gasteiger partial charge in [0, 0.05) is 11.1 Å². The second kappa shape index (κ2) is 27.2. The van der Waals surface area contributed by atoms with E-state index in [2.05, 4.69) is 39.5 Å². The second-order valence-corrected chi connectivity index (χ2v) is 19.7. The molecule has 0 atom stereocenters. The van der Waals surface area contributed by atoms with Gasteiger partial charge in [0.15, 0.2) is 24.2 Å². The number of carbonyl (C=O) groups excluding carboxylic acids is 2. The molecular weight excluding hydrogens is 1090 g/mol. The van der Waals surface area contributed by atoms with Gasteiger partial charge in [0.1, 0.15) is 63.3 Å². The van der Waals surface area contributed by atoms with Crippen molar-refractivity contribution < 1.29 is 228 Å². The molecule has 2 heterocycles. The van der Waals surface area contributed by atoms with Crippen LogP contribution in [0.3, 0.4) is 0 Å². The number of rotatable bonds is 16. The molecule has 2 aromatic carbocycles. The SMILES string of the molecule is Cc1nc(N=Nc2ccc(S(=O)(=O)[O-])cc2S(=O)(=O)[O-])c(COP(=O)(O)O)c(C=O)c1O.Cc1nc(N=Nc2ccc(S(=O)(=O)[O-])cc2S(=O)(=O)[O-])c(COP(=O)(O)O)c(C=O)c1O.[Na+].[Na+].[Na+].[Na+]. The third-order valence-electron chi connectivity index (χ3n) is 7.41. The zero-order valence-electron chi connectivity index (χ0n) is 35.3. The van der Waals surface area contributed by atoms with Gasteiger partial charge in [-0.05, 0) is 50.2 Å². The Labute approximate surface area is 472 Å². The fourth-order valence-corrected chi connectivity index (χ4v) is 7.55.